The number of hydrogen-bond acceptors (Lipinski definition) is 4. The SMILES string of the molecule is N#Cc1ccccc1NC(=O)c1cccc(C(=O)Nc2ccc(Cl)cc2)n1. The van der Waals surface area contributed by atoms with Crippen molar-refractivity contribution in [2.45, 2.75) is 0 Å². The Morgan fingerprint density at radius 2 is 1.48 bits per heavy atom. The molecule has 0 saturated carbocycles. The summed E-state index contributed by atoms with van der Waals surface area (Å²) in [7, 11) is 0. The number of carbonyl (C=O) groups is 2. The molecule has 0 radical (unpaired) electrons. The average molecular weight is 377 g/mol. The van der Waals surface area contributed by atoms with Gasteiger partial charge in [-0.3, -0.25) is 9.59 Å². The number of rotatable bonds is 4. The molecular formula is C20H13ClN4O2. The second kappa shape index (κ2) is 8.13. The zero-order valence-electron chi connectivity index (χ0n) is 13.9. The molecule has 132 valence electrons. The molecule has 2 N–H and O–H groups in total. The van der Waals surface area contributed by atoms with Crippen molar-refractivity contribution < 1.29 is 9.59 Å². The van der Waals surface area contributed by atoms with Crippen molar-refractivity contribution in [2.75, 3.05) is 10.6 Å². The number of nitrogens with zero attached hydrogens (tertiary/aromatic N) is 2. The Balaban J connectivity index is 1.76. The van der Waals surface area contributed by atoms with Crippen LogP contribution in [0.5, 0.6) is 0 Å². The Morgan fingerprint density at radius 1 is 0.852 bits per heavy atom. The first-order valence-corrected chi connectivity index (χ1v) is 8.29. The first kappa shape index (κ1) is 18.1. The smallest absolute Gasteiger partial charge is 0.274 e. The summed E-state index contributed by atoms with van der Waals surface area (Å²) in [5.41, 5.74) is 1.42. The van der Waals surface area contributed by atoms with Gasteiger partial charge in [0.1, 0.15) is 17.5 Å². The maximum atomic E-state index is 12.4. The number of amides is 2. The number of nitrogens with one attached hydrogen (secondary N) is 2. The fourth-order valence-corrected chi connectivity index (χ4v) is 2.42. The summed E-state index contributed by atoms with van der Waals surface area (Å²) in [4.78, 5) is 28.9. The predicted octanol–water partition coefficient (Wildman–Crippen LogP) is 4.11. The molecule has 0 atom stereocenters. The molecule has 0 aliphatic rings. The lowest BCUT2D eigenvalue weighted by Crippen LogP contribution is -2.18. The van der Waals surface area contributed by atoms with Gasteiger partial charge in [-0.05, 0) is 48.5 Å². The van der Waals surface area contributed by atoms with Crippen LogP contribution in [0.1, 0.15) is 26.5 Å². The van der Waals surface area contributed by atoms with Crippen molar-refractivity contribution in [3.8, 4) is 6.07 Å². The number of para-hydroxylation sites is 1. The van der Waals surface area contributed by atoms with Gasteiger partial charge in [0.2, 0.25) is 0 Å². The van der Waals surface area contributed by atoms with Crippen LogP contribution < -0.4 is 10.6 Å². The van der Waals surface area contributed by atoms with Crippen molar-refractivity contribution in [3.63, 3.8) is 0 Å². The van der Waals surface area contributed by atoms with Gasteiger partial charge in [-0.15, -0.1) is 0 Å². The van der Waals surface area contributed by atoms with Gasteiger partial charge in [0, 0.05) is 10.7 Å². The quantitative estimate of drug-likeness (QED) is 0.716. The molecule has 1 heterocycles. The third-order valence-electron chi connectivity index (χ3n) is 3.61. The molecule has 0 unspecified atom stereocenters. The molecule has 0 bridgehead atoms. The molecule has 0 saturated heterocycles. The van der Waals surface area contributed by atoms with E-state index in [9.17, 15) is 9.59 Å². The van der Waals surface area contributed by atoms with Gasteiger partial charge in [0.15, 0.2) is 0 Å². The Labute approximate surface area is 160 Å². The van der Waals surface area contributed by atoms with Crippen molar-refractivity contribution >= 4 is 34.8 Å². The highest BCUT2D eigenvalue weighted by molar-refractivity contribution is 6.30. The van der Waals surface area contributed by atoms with Crippen LogP contribution in [0, 0.1) is 11.3 Å². The highest BCUT2D eigenvalue weighted by atomic mass is 35.5. The van der Waals surface area contributed by atoms with Crippen LogP contribution in [-0.4, -0.2) is 16.8 Å². The van der Waals surface area contributed by atoms with Crippen molar-refractivity contribution in [1.82, 2.24) is 4.98 Å². The molecule has 6 nitrogen and oxygen atoms in total. The van der Waals surface area contributed by atoms with E-state index in [2.05, 4.69) is 15.6 Å². The van der Waals surface area contributed by atoms with E-state index in [4.69, 9.17) is 16.9 Å². The van der Waals surface area contributed by atoms with Crippen LogP contribution in [0.2, 0.25) is 5.02 Å². The summed E-state index contributed by atoms with van der Waals surface area (Å²) >= 11 is 5.82. The monoisotopic (exact) mass is 376 g/mol. The maximum absolute atomic E-state index is 12.4. The summed E-state index contributed by atoms with van der Waals surface area (Å²) in [6.07, 6.45) is 0. The van der Waals surface area contributed by atoms with Crippen molar-refractivity contribution in [3.05, 3.63) is 88.7 Å². The molecule has 2 aromatic carbocycles. The van der Waals surface area contributed by atoms with Crippen LogP contribution in [0.25, 0.3) is 0 Å². The van der Waals surface area contributed by atoms with Crippen molar-refractivity contribution in [1.29, 1.82) is 5.26 Å². The van der Waals surface area contributed by atoms with Crippen LogP contribution in [0.4, 0.5) is 11.4 Å². The van der Waals surface area contributed by atoms with Gasteiger partial charge >= 0.3 is 0 Å². The van der Waals surface area contributed by atoms with Gasteiger partial charge in [0.25, 0.3) is 11.8 Å². The number of aromatic nitrogens is 1. The molecule has 2 amide bonds. The molecule has 0 aliphatic carbocycles. The van der Waals surface area contributed by atoms with Gasteiger partial charge in [0.05, 0.1) is 11.3 Å². The van der Waals surface area contributed by atoms with Gasteiger partial charge < -0.3 is 10.6 Å². The Kier molecular flexibility index (Phi) is 5.45. The van der Waals surface area contributed by atoms with Crippen LogP contribution >= 0.6 is 11.6 Å². The fourth-order valence-electron chi connectivity index (χ4n) is 2.29. The van der Waals surface area contributed by atoms with Gasteiger partial charge in [-0.1, -0.05) is 29.8 Å². The van der Waals surface area contributed by atoms with E-state index >= 15 is 0 Å². The predicted molar refractivity (Wildman–Crippen MR) is 103 cm³/mol. The molecule has 3 rings (SSSR count). The zero-order valence-corrected chi connectivity index (χ0v) is 14.7. The maximum Gasteiger partial charge on any atom is 0.274 e. The molecule has 0 fully saturated rings. The van der Waals surface area contributed by atoms with Crippen molar-refractivity contribution in [2.24, 2.45) is 0 Å². The third kappa shape index (κ3) is 4.48. The van der Waals surface area contributed by atoms with E-state index in [-0.39, 0.29) is 11.4 Å². The Hall–Kier alpha value is -3.69. The van der Waals surface area contributed by atoms with E-state index in [0.29, 0.717) is 22.0 Å². The normalized spacial score (nSPS) is 9.93. The average Bonchev–Trinajstić information content (AvgIpc) is 2.70. The summed E-state index contributed by atoms with van der Waals surface area (Å²) < 4.78 is 0. The minimum absolute atomic E-state index is 0.0616. The van der Waals surface area contributed by atoms with Gasteiger partial charge in [-0.2, -0.15) is 5.26 Å². The summed E-state index contributed by atoms with van der Waals surface area (Å²) in [5.74, 6) is -0.969. The number of hydrogen-bond donors (Lipinski definition) is 2. The highest BCUT2D eigenvalue weighted by Crippen LogP contribution is 2.16. The number of halogens is 1. The second-order valence-corrected chi connectivity index (χ2v) is 5.92. The molecule has 0 aliphatic heterocycles. The van der Waals surface area contributed by atoms with Crippen LogP contribution in [0.3, 0.4) is 0 Å². The number of nitriles is 1. The fraction of sp³-hybridized carbons (Fsp3) is 0. The lowest BCUT2D eigenvalue weighted by atomic mass is 10.2. The van der Waals surface area contributed by atoms with E-state index in [1.54, 1.807) is 54.6 Å². The minimum Gasteiger partial charge on any atom is -0.321 e. The minimum atomic E-state index is -0.515. The van der Waals surface area contributed by atoms with Gasteiger partial charge in [-0.25, -0.2) is 4.98 Å². The first-order chi connectivity index (χ1) is 13.1. The standard InChI is InChI=1S/C20H13ClN4O2/c21-14-8-10-15(11-9-14)23-19(26)17-6-3-7-18(24-17)20(27)25-16-5-2-1-4-13(16)12-22/h1-11H,(H,23,26)(H,25,27). The highest BCUT2D eigenvalue weighted by Gasteiger charge is 2.14. The number of anilines is 2. The lowest BCUT2D eigenvalue weighted by Gasteiger charge is -2.08. The third-order valence-corrected chi connectivity index (χ3v) is 3.86. The summed E-state index contributed by atoms with van der Waals surface area (Å²) in [6, 6.07) is 19.8. The summed E-state index contributed by atoms with van der Waals surface area (Å²) in [6.45, 7) is 0. The summed E-state index contributed by atoms with van der Waals surface area (Å²) in [5, 5.41) is 15.0. The molecule has 7 heteroatoms. The number of benzene rings is 2. The molecular weight excluding hydrogens is 364 g/mol. The topological polar surface area (TPSA) is 94.9 Å². The van der Waals surface area contributed by atoms with E-state index in [1.165, 1.54) is 12.1 Å². The Morgan fingerprint density at radius 3 is 2.15 bits per heavy atom. The molecule has 27 heavy (non-hydrogen) atoms. The van der Waals surface area contributed by atoms with Crippen LogP contribution in [-0.2, 0) is 0 Å². The molecule has 1 aromatic heterocycles. The van der Waals surface area contributed by atoms with E-state index in [0.717, 1.165) is 0 Å². The molecule has 3 aromatic rings. The van der Waals surface area contributed by atoms with E-state index < -0.39 is 11.8 Å². The largest absolute Gasteiger partial charge is 0.321 e. The lowest BCUT2D eigenvalue weighted by molar-refractivity contribution is 0.101. The second-order valence-electron chi connectivity index (χ2n) is 5.48. The molecule has 0 spiro atoms. The number of carbonyl (C=O) groups excluding carboxylic acids is 2. The number of pyridine rings is 1. The Bertz CT molecular complexity index is 1040. The van der Waals surface area contributed by atoms with E-state index in [1.807, 2.05) is 6.07 Å². The van der Waals surface area contributed by atoms with Crippen LogP contribution in [0.15, 0.2) is 66.7 Å². The first-order valence-electron chi connectivity index (χ1n) is 7.91. The zero-order chi connectivity index (χ0) is 19.2.